The molecule has 0 amide bonds. The number of aromatic nitrogens is 1. The van der Waals surface area contributed by atoms with Crippen molar-refractivity contribution in [2.45, 2.75) is 17.9 Å². The van der Waals surface area contributed by atoms with Gasteiger partial charge < -0.3 is 4.18 Å². The fraction of sp³-hybridized carbons (Fsp3) is 0.167. The summed E-state index contributed by atoms with van der Waals surface area (Å²) in [6, 6.07) is 9.97. The van der Waals surface area contributed by atoms with Gasteiger partial charge in [0.15, 0.2) is 0 Å². The van der Waals surface area contributed by atoms with E-state index in [1.54, 1.807) is 6.92 Å². The quantitative estimate of drug-likeness (QED) is 0.291. The molecule has 0 unspecified atom stereocenters. The van der Waals surface area contributed by atoms with E-state index in [9.17, 15) is 43.2 Å². The van der Waals surface area contributed by atoms with E-state index in [1.807, 2.05) is 6.07 Å². The molecule has 3 rings (SSSR count). The number of benzene rings is 2. The van der Waals surface area contributed by atoms with Gasteiger partial charge in [0.2, 0.25) is 5.88 Å². The smallest absolute Gasteiger partial charge is 0.356 e. The predicted octanol–water partition coefficient (Wildman–Crippen LogP) is 4.41. The van der Waals surface area contributed by atoms with Gasteiger partial charge in [0.25, 0.3) is 0 Å². The van der Waals surface area contributed by atoms with Crippen LogP contribution < -0.4 is 4.18 Å². The number of nitrogens with zero attached hydrogens (tertiary/aromatic N) is 2. The highest BCUT2D eigenvalue weighted by Gasteiger charge is 2.52. The number of hydrogen-bond acceptors (Lipinski definition) is 6. The lowest BCUT2D eigenvalue weighted by molar-refractivity contribution is -0.0502. The van der Waals surface area contributed by atoms with Gasteiger partial charge in [-0.05, 0) is 47.9 Å². The van der Waals surface area contributed by atoms with Gasteiger partial charge in [0.1, 0.15) is 0 Å². The molecular weight excluding hydrogens is 502 g/mol. The Hall–Kier alpha value is -3.25. The number of rotatable bonds is 4. The van der Waals surface area contributed by atoms with Gasteiger partial charge in [-0.3, -0.25) is 0 Å². The van der Waals surface area contributed by atoms with Crippen LogP contribution in [0.2, 0.25) is 0 Å². The van der Waals surface area contributed by atoms with Crippen LogP contribution in [0.3, 0.4) is 0 Å². The van der Waals surface area contributed by atoms with E-state index >= 15 is 0 Å². The number of aryl methyl sites for hydroxylation is 1. The molecular formula is C18H10F6N2O5S2. The molecule has 0 atom stereocenters. The zero-order valence-electron chi connectivity index (χ0n) is 16.1. The summed E-state index contributed by atoms with van der Waals surface area (Å²) in [7, 11) is -12.9. The highest BCUT2D eigenvalue weighted by molar-refractivity contribution is 7.91. The van der Waals surface area contributed by atoms with Crippen molar-refractivity contribution in [1.29, 1.82) is 5.26 Å². The minimum Gasteiger partial charge on any atom is -0.356 e. The van der Waals surface area contributed by atoms with Crippen LogP contribution >= 0.6 is 0 Å². The second-order valence-electron chi connectivity index (χ2n) is 6.60. The maximum absolute atomic E-state index is 13.2. The first-order valence-corrected chi connectivity index (χ1v) is 11.3. The van der Waals surface area contributed by atoms with Crippen LogP contribution in [0.5, 0.6) is 5.88 Å². The van der Waals surface area contributed by atoms with Crippen LogP contribution in [-0.4, -0.2) is 31.8 Å². The van der Waals surface area contributed by atoms with E-state index in [2.05, 4.69) is 4.18 Å². The van der Waals surface area contributed by atoms with Gasteiger partial charge in [-0.2, -0.15) is 52.4 Å². The predicted molar refractivity (Wildman–Crippen MR) is 103 cm³/mol. The van der Waals surface area contributed by atoms with Gasteiger partial charge in [0, 0.05) is 11.5 Å². The summed E-state index contributed by atoms with van der Waals surface area (Å²) in [4.78, 5) is 0. The van der Waals surface area contributed by atoms with Gasteiger partial charge in [-0.15, -0.1) is 0 Å². The summed E-state index contributed by atoms with van der Waals surface area (Å²) in [6.07, 6.45) is 0. The Labute approximate surface area is 182 Å². The molecule has 0 saturated heterocycles. The highest BCUT2D eigenvalue weighted by atomic mass is 32.2. The van der Waals surface area contributed by atoms with E-state index in [0.717, 1.165) is 12.1 Å². The average Bonchev–Trinajstić information content (AvgIpc) is 3.02. The Morgan fingerprint density at radius 2 is 1.55 bits per heavy atom. The molecule has 0 bridgehead atoms. The largest absolute Gasteiger partial charge is 0.534 e. The second kappa shape index (κ2) is 7.66. The molecule has 15 heteroatoms. The topological polar surface area (TPSA) is 106 Å². The molecule has 0 saturated carbocycles. The van der Waals surface area contributed by atoms with Crippen molar-refractivity contribution in [3.8, 4) is 23.1 Å². The van der Waals surface area contributed by atoms with Crippen LogP contribution in [0.15, 0.2) is 42.5 Å². The summed E-state index contributed by atoms with van der Waals surface area (Å²) < 4.78 is 128. The summed E-state index contributed by atoms with van der Waals surface area (Å²) in [5.41, 5.74) is -11.1. The highest BCUT2D eigenvalue weighted by Crippen LogP contribution is 2.38. The van der Waals surface area contributed by atoms with Crippen LogP contribution in [0.4, 0.5) is 26.3 Å². The SMILES string of the molecule is Cc1cc(C#N)ccc1-c1ccc2c(c1)cc(OS(=O)(=O)C(F)(F)F)n2S(=O)(=O)C(F)(F)F. The number of halogens is 6. The first kappa shape index (κ1) is 24.4. The third-order valence-corrected chi connectivity index (χ3v) is 6.80. The molecule has 0 aliphatic carbocycles. The Morgan fingerprint density at radius 1 is 0.909 bits per heavy atom. The zero-order valence-corrected chi connectivity index (χ0v) is 17.7. The van der Waals surface area contributed by atoms with Crippen LogP contribution in [0.1, 0.15) is 11.1 Å². The Morgan fingerprint density at radius 3 is 2.06 bits per heavy atom. The van der Waals surface area contributed by atoms with Crippen molar-refractivity contribution in [2.75, 3.05) is 0 Å². The summed E-state index contributed by atoms with van der Waals surface area (Å²) in [5, 5.41) is 8.60. The molecule has 1 aromatic heterocycles. The zero-order chi connectivity index (χ0) is 25.0. The van der Waals surface area contributed by atoms with Gasteiger partial charge in [0.05, 0.1) is 17.1 Å². The summed E-state index contributed by atoms with van der Waals surface area (Å²) in [5.74, 6) is -1.71. The number of alkyl halides is 6. The van der Waals surface area contributed by atoms with E-state index in [-0.39, 0.29) is 5.39 Å². The molecule has 0 fully saturated rings. The second-order valence-corrected chi connectivity index (χ2v) is 9.91. The van der Waals surface area contributed by atoms with Crippen molar-refractivity contribution in [3.05, 3.63) is 53.6 Å². The van der Waals surface area contributed by atoms with Crippen molar-refractivity contribution in [2.24, 2.45) is 0 Å². The monoisotopic (exact) mass is 512 g/mol. The standard InChI is InChI=1S/C18H10F6N2O5S2/c1-10-6-11(9-25)2-4-14(10)12-3-5-15-13(7-12)8-16(31-33(29,30)18(22,23)24)26(15)32(27,28)17(19,20)21/h2-8H,1H3. The average molecular weight is 512 g/mol. The van der Waals surface area contributed by atoms with Gasteiger partial charge >= 0.3 is 31.2 Å². The third kappa shape index (κ3) is 4.23. The molecule has 0 aliphatic heterocycles. The van der Waals surface area contributed by atoms with Crippen LogP contribution in [0.25, 0.3) is 22.0 Å². The van der Waals surface area contributed by atoms with Gasteiger partial charge in [-0.1, -0.05) is 12.1 Å². The first-order chi connectivity index (χ1) is 15.0. The molecule has 7 nitrogen and oxygen atoms in total. The van der Waals surface area contributed by atoms with E-state index < -0.39 is 46.5 Å². The van der Waals surface area contributed by atoms with Crippen LogP contribution in [-0.2, 0) is 20.1 Å². The Balaban J connectivity index is 2.30. The summed E-state index contributed by atoms with van der Waals surface area (Å²) in [6.45, 7) is 1.62. The lowest BCUT2D eigenvalue weighted by Gasteiger charge is -2.15. The molecule has 33 heavy (non-hydrogen) atoms. The lowest BCUT2D eigenvalue weighted by atomic mass is 9.98. The molecule has 0 N–H and O–H groups in total. The van der Waals surface area contributed by atoms with E-state index in [1.165, 1.54) is 24.3 Å². The number of hydrogen-bond donors (Lipinski definition) is 0. The van der Waals surface area contributed by atoms with E-state index in [0.29, 0.717) is 28.3 Å². The molecule has 0 aliphatic rings. The van der Waals surface area contributed by atoms with Crippen molar-refractivity contribution in [3.63, 3.8) is 0 Å². The Kier molecular flexibility index (Phi) is 5.66. The Bertz CT molecular complexity index is 1510. The van der Waals surface area contributed by atoms with E-state index in [4.69, 9.17) is 5.26 Å². The minimum atomic E-state index is -6.49. The molecule has 2 aromatic carbocycles. The third-order valence-electron chi connectivity index (χ3n) is 4.40. The van der Waals surface area contributed by atoms with Crippen LogP contribution in [0, 0.1) is 18.3 Å². The van der Waals surface area contributed by atoms with Gasteiger partial charge in [-0.25, -0.2) is 0 Å². The molecule has 3 aromatic rings. The van der Waals surface area contributed by atoms with Crippen molar-refractivity contribution >= 4 is 31.0 Å². The maximum Gasteiger partial charge on any atom is 0.534 e. The van der Waals surface area contributed by atoms with Crippen molar-refractivity contribution < 1.29 is 47.4 Å². The molecule has 0 radical (unpaired) electrons. The fourth-order valence-corrected chi connectivity index (χ4v) is 4.41. The molecule has 0 spiro atoms. The first-order valence-electron chi connectivity index (χ1n) is 8.49. The lowest BCUT2D eigenvalue weighted by Crippen LogP contribution is -2.33. The molecule has 176 valence electrons. The summed E-state index contributed by atoms with van der Waals surface area (Å²) >= 11 is 0. The number of nitriles is 1. The maximum atomic E-state index is 13.2. The molecule has 1 heterocycles. The van der Waals surface area contributed by atoms with Crippen molar-refractivity contribution in [1.82, 2.24) is 3.97 Å². The normalized spacial score (nSPS) is 13.2. The minimum absolute atomic E-state index is 0.302. The fourth-order valence-electron chi connectivity index (χ4n) is 2.96. The number of fused-ring (bicyclic) bond motifs is 1.